The van der Waals surface area contributed by atoms with Gasteiger partial charge in [-0.05, 0) is 50.4 Å². The Morgan fingerprint density at radius 3 is 3.00 bits per heavy atom. The third-order valence-electron chi connectivity index (χ3n) is 4.00. The van der Waals surface area contributed by atoms with Crippen molar-refractivity contribution in [1.82, 2.24) is 20.5 Å². The van der Waals surface area contributed by atoms with Crippen molar-refractivity contribution in [3.05, 3.63) is 29.0 Å². The molecule has 2 rings (SSSR count). The molecule has 5 nitrogen and oxygen atoms in total. The number of piperidine rings is 1. The van der Waals surface area contributed by atoms with Gasteiger partial charge in [0.2, 0.25) is 0 Å². The van der Waals surface area contributed by atoms with E-state index in [1.807, 2.05) is 25.4 Å². The highest BCUT2D eigenvalue weighted by molar-refractivity contribution is 6.29. The quantitative estimate of drug-likeness (QED) is 0.493. The molecule has 2 N–H and O–H groups in total. The summed E-state index contributed by atoms with van der Waals surface area (Å²) >= 11 is 5.78. The Hall–Kier alpha value is -1.33. The molecule has 1 unspecified atom stereocenters. The lowest BCUT2D eigenvalue weighted by molar-refractivity contribution is 0.210. The van der Waals surface area contributed by atoms with Crippen LogP contribution in [0, 0.1) is 5.92 Å². The van der Waals surface area contributed by atoms with Crippen LogP contribution in [0.1, 0.15) is 18.4 Å². The molecule has 1 aromatic heterocycles. The zero-order valence-corrected chi connectivity index (χ0v) is 14.2. The molecule has 1 aliphatic rings. The highest BCUT2D eigenvalue weighted by Crippen LogP contribution is 2.13. The Morgan fingerprint density at radius 2 is 2.32 bits per heavy atom. The first kappa shape index (κ1) is 17.0. The van der Waals surface area contributed by atoms with Crippen LogP contribution >= 0.6 is 11.6 Å². The molecule has 1 aromatic rings. The van der Waals surface area contributed by atoms with Crippen molar-refractivity contribution in [2.45, 2.75) is 19.3 Å². The number of pyridine rings is 1. The van der Waals surface area contributed by atoms with Gasteiger partial charge >= 0.3 is 0 Å². The van der Waals surface area contributed by atoms with E-state index in [-0.39, 0.29) is 0 Å². The summed E-state index contributed by atoms with van der Waals surface area (Å²) < 4.78 is 0. The number of rotatable bonds is 5. The summed E-state index contributed by atoms with van der Waals surface area (Å²) in [4.78, 5) is 10.8. The molecule has 0 radical (unpaired) electrons. The number of likely N-dealkylation sites (tertiary alicyclic amines) is 1. The highest BCUT2D eigenvalue weighted by atomic mass is 35.5. The molecular formula is C16H26ClN5. The molecular weight excluding hydrogens is 298 g/mol. The topological polar surface area (TPSA) is 52.6 Å². The van der Waals surface area contributed by atoms with E-state index in [0.717, 1.165) is 25.5 Å². The number of halogens is 1. The summed E-state index contributed by atoms with van der Waals surface area (Å²) in [6, 6.07) is 3.83. The van der Waals surface area contributed by atoms with Gasteiger partial charge in [-0.2, -0.15) is 0 Å². The SMILES string of the molecule is CN=C(NCCc1ccc(Cl)nc1)NCC1CCCN(C)C1. The molecule has 1 aliphatic heterocycles. The molecule has 0 amide bonds. The number of aliphatic imine (C=N–C) groups is 1. The van der Waals surface area contributed by atoms with Crippen LogP contribution in [0.2, 0.25) is 5.15 Å². The van der Waals surface area contributed by atoms with E-state index in [9.17, 15) is 0 Å². The zero-order chi connectivity index (χ0) is 15.8. The van der Waals surface area contributed by atoms with Crippen molar-refractivity contribution in [2.75, 3.05) is 40.3 Å². The maximum atomic E-state index is 5.78. The lowest BCUT2D eigenvalue weighted by atomic mass is 9.99. The number of nitrogens with zero attached hydrogens (tertiary/aromatic N) is 3. The smallest absolute Gasteiger partial charge is 0.190 e. The van der Waals surface area contributed by atoms with Gasteiger partial charge in [0.05, 0.1) is 0 Å². The number of guanidine groups is 1. The Morgan fingerprint density at radius 1 is 1.45 bits per heavy atom. The number of hydrogen-bond acceptors (Lipinski definition) is 3. The van der Waals surface area contributed by atoms with Crippen LogP contribution in [-0.4, -0.2) is 56.1 Å². The van der Waals surface area contributed by atoms with E-state index >= 15 is 0 Å². The Kier molecular flexibility index (Phi) is 6.93. The minimum absolute atomic E-state index is 0.534. The predicted molar refractivity (Wildman–Crippen MR) is 92.5 cm³/mol. The molecule has 22 heavy (non-hydrogen) atoms. The minimum atomic E-state index is 0.534. The molecule has 0 bridgehead atoms. The second kappa shape index (κ2) is 8.96. The minimum Gasteiger partial charge on any atom is -0.356 e. The fourth-order valence-electron chi connectivity index (χ4n) is 2.78. The summed E-state index contributed by atoms with van der Waals surface area (Å²) in [5, 5.41) is 7.31. The van der Waals surface area contributed by atoms with E-state index in [4.69, 9.17) is 11.6 Å². The summed E-state index contributed by atoms with van der Waals surface area (Å²) in [6.07, 6.45) is 5.30. The number of hydrogen-bond donors (Lipinski definition) is 2. The average molecular weight is 324 g/mol. The van der Waals surface area contributed by atoms with Gasteiger partial charge in [-0.15, -0.1) is 0 Å². The molecule has 6 heteroatoms. The Bertz CT molecular complexity index is 474. The van der Waals surface area contributed by atoms with Gasteiger partial charge in [0, 0.05) is 32.9 Å². The second-order valence-corrected chi connectivity index (χ2v) is 6.28. The van der Waals surface area contributed by atoms with Crippen LogP contribution in [-0.2, 0) is 6.42 Å². The maximum absolute atomic E-state index is 5.78. The lowest BCUT2D eigenvalue weighted by Gasteiger charge is -2.30. The van der Waals surface area contributed by atoms with Gasteiger partial charge in [0.1, 0.15) is 5.15 Å². The van der Waals surface area contributed by atoms with Crippen LogP contribution in [0.4, 0.5) is 0 Å². The van der Waals surface area contributed by atoms with E-state index in [0.29, 0.717) is 11.1 Å². The molecule has 0 aliphatic carbocycles. The Labute approximate surface area is 138 Å². The molecule has 0 saturated carbocycles. The second-order valence-electron chi connectivity index (χ2n) is 5.89. The number of aromatic nitrogens is 1. The summed E-state index contributed by atoms with van der Waals surface area (Å²) in [5.41, 5.74) is 1.17. The predicted octanol–water partition coefficient (Wildman–Crippen LogP) is 1.78. The molecule has 2 heterocycles. The standard InChI is InChI=1S/C16H26ClN5/c1-18-16(21-11-14-4-3-9-22(2)12-14)19-8-7-13-5-6-15(17)20-10-13/h5-6,10,14H,3-4,7-9,11-12H2,1-2H3,(H2,18,19,21). The lowest BCUT2D eigenvalue weighted by Crippen LogP contribution is -2.44. The van der Waals surface area contributed by atoms with E-state index in [1.54, 1.807) is 0 Å². The molecule has 1 saturated heterocycles. The van der Waals surface area contributed by atoms with Crippen molar-refractivity contribution >= 4 is 17.6 Å². The fourth-order valence-corrected chi connectivity index (χ4v) is 2.89. The van der Waals surface area contributed by atoms with Crippen molar-refractivity contribution in [2.24, 2.45) is 10.9 Å². The molecule has 122 valence electrons. The van der Waals surface area contributed by atoms with Crippen molar-refractivity contribution < 1.29 is 0 Å². The maximum Gasteiger partial charge on any atom is 0.190 e. The van der Waals surface area contributed by atoms with E-state index < -0.39 is 0 Å². The third-order valence-corrected chi connectivity index (χ3v) is 4.22. The first-order valence-electron chi connectivity index (χ1n) is 7.91. The largest absolute Gasteiger partial charge is 0.356 e. The third kappa shape index (κ3) is 5.81. The zero-order valence-electron chi connectivity index (χ0n) is 13.5. The van der Waals surface area contributed by atoms with Crippen molar-refractivity contribution in [3.8, 4) is 0 Å². The first-order valence-corrected chi connectivity index (χ1v) is 8.28. The summed E-state index contributed by atoms with van der Waals surface area (Å²) in [5.74, 6) is 1.58. The summed E-state index contributed by atoms with van der Waals surface area (Å²) in [6.45, 7) is 4.19. The van der Waals surface area contributed by atoms with Gasteiger partial charge in [-0.25, -0.2) is 4.98 Å². The van der Waals surface area contributed by atoms with Gasteiger partial charge in [-0.3, -0.25) is 4.99 Å². The Balaban J connectivity index is 1.67. The average Bonchev–Trinajstić information content (AvgIpc) is 2.52. The summed E-state index contributed by atoms with van der Waals surface area (Å²) in [7, 11) is 4.01. The highest BCUT2D eigenvalue weighted by Gasteiger charge is 2.17. The van der Waals surface area contributed by atoms with Crippen molar-refractivity contribution in [1.29, 1.82) is 0 Å². The molecule has 0 spiro atoms. The molecule has 0 aromatic carbocycles. The fraction of sp³-hybridized carbons (Fsp3) is 0.625. The van der Waals surface area contributed by atoms with Crippen LogP contribution < -0.4 is 10.6 Å². The van der Waals surface area contributed by atoms with Crippen molar-refractivity contribution in [3.63, 3.8) is 0 Å². The van der Waals surface area contributed by atoms with Gasteiger partial charge in [0.15, 0.2) is 5.96 Å². The van der Waals surface area contributed by atoms with Gasteiger partial charge < -0.3 is 15.5 Å². The molecule has 1 atom stereocenters. The monoisotopic (exact) mass is 323 g/mol. The number of nitrogens with one attached hydrogen (secondary N) is 2. The van der Waals surface area contributed by atoms with Crippen LogP contribution in [0.3, 0.4) is 0 Å². The van der Waals surface area contributed by atoms with Gasteiger partial charge in [0.25, 0.3) is 0 Å². The van der Waals surface area contributed by atoms with Crippen LogP contribution in [0.25, 0.3) is 0 Å². The molecule has 1 fully saturated rings. The van der Waals surface area contributed by atoms with Crippen LogP contribution in [0.15, 0.2) is 23.3 Å². The first-order chi connectivity index (χ1) is 10.7. The van der Waals surface area contributed by atoms with E-state index in [2.05, 4.69) is 32.6 Å². The van der Waals surface area contributed by atoms with E-state index in [1.165, 1.54) is 31.5 Å². The van der Waals surface area contributed by atoms with Crippen LogP contribution in [0.5, 0.6) is 0 Å². The van der Waals surface area contributed by atoms with Gasteiger partial charge in [-0.1, -0.05) is 17.7 Å². The normalized spacial score (nSPS) is 20.0.